The number of rotatable bonds is 2. The molecule has 1 aromatic carbocycles. The number of piperidine rings is 1. The van der Waals surface area contributed by atoms with E-state index in [0.29, 0.717) is 13.0 Å². The zero-order valence-electron chi connectivity index (χ0n) is 11.4. The van der Waals surface area contributed by atoms with Crippen molar-refractivity contribution in [3.8, 4) is 0 Å². The Morgan fingerprint density at radius 1 is 1.38 bits per heavy atom. The zero-order valence-corrected chi connectivity index (χ0v) is 11.4. The van der Waals surface area contributed by atoms with Crippen molar-refractivity contribution in [2.24, 2.45) is 0 Å². The van der Waals surface area contributed by atoms with Gasteiger partial charge in [0, 0.05) is 17.8 Å². The molecule has 1 heterocycles. The summed E-state index contributed by atoms with van der Waals surface area (Å²) in [6.07, 6.45) is -2.27. The number of carbonyl (C=O) groups excluding carboxylic acids is 1. The van der Waals surface area contributed by atoms with E-state index >= 15 is 0 Å². The van der Waals surface area contributed by atoms with Crippen LogP contribution >= 0.6 is 0 Å². The molecule has 4 nitrogen and oxygen atoms in total. The Morgan fingerprint density at radius 2 is 2.10 bits per heavy atom. The highest BCUT2D eigenvalue weighted by molar-refractivity contribution is 5.95. The second-order valence-corrected chi connectivity index (χ2v) is 5.13. The van der Waals surface area contributed by atoms with Crippen molar-refractivity contribution in [3.05, 3.63) is 29.3 Å². The van der Waals surface area contributed by atoms with Crippen LogP contribution in [0.25, 0.3) is 0 Å². The van der Waals surface area contributed by atoms with E-state index in [2.05, 4.69) is 0 Å². The number of hydrogen-bond donors (Lipinski definition) is 2. The maximum Gasteiger partial charge on any atom is 0.418 e. The highest BCUT2D eigenvalue weighted by atomic mass is 19.4. The summed E-state index contributed by atoms with van der Waals surface area (Å²) >= 11 is 0. The van der Waals surface area contributed by atoms with Crippen molar-refractivity contribution in [1.29, 1.82) is 0 Å². The summed E-state index contributed by atoms with van der Waals surface area (Å²) in [5.41, 5.74) is 3.85. The maximum absolute atomic E-state index is 12.8. The molecule has 1 unspecified atom stereocenters. The molecule has 0 aromatic heterocycles. The van der Waals surface area contributed by atoms with Crippen molar-refractivity contribution < 1.29 is 23.1 Å². The molecule has 116 valence electrons. The summed E-state index contributed by atoms with van der Waals surface area (Å²) in [5.74, 6) is -0.501. The van der Waals surface area contributed by atoms with E-state index in [0.717, 1.165) is 25.0 Å². The monoisotopic (exact) mass is 302 g/mol. The van der Waals surface area contributed by atoms with Gasteiger partial charge in [-0.3, -0.25) is 4.79 Å². The number of nitrogen functional groups attached to an aromatic ring is 1. The lowest BCUT2D eigenvalue weighted by molar-refractivity contribution is -0.136. The molecule has 0 spiro atoms. The molecule has 21 heavy (non-hydrogen) atoms. The van der Waals surface area contributed by atoms with Crippen LogP contribution in [0, 0.1) is 0 Å². The zero-order chi connectivity index (χ0) is 15.6. The minimum absolute atomic E-state index is 0.0584. The molecule has 1 fully saturated rings. The molecule has 7 heteroatoms. The summed E-state index contributed by atoms with van der Waals surface area (Å²) in [5, 5.41) is 9.29. The molecule has 0 aliphatic carbocycles. The van der Waals surface area contributed by atoms with Gasteiger partial charge < -0.3 is 15.7 Å². The van der Waals surface area contributed by atoms with E-state index in [1.54, 1.807) is 0 Å². The van der Waals surface area contributed by atoms with Crippen LogP contribution in [0.3, 0.4) is 0 Å². The Labute approximate surface area is 120 Å². The third-order valence-electron chi connectivity index (χ3n) is 3.70. The van der Waals surface area contributed by atoms with Crippen molar-refractivity contribution in [3.63, 3.8) is 0 Å². The minimum Gasteiger partial charge on any atom is -0.398 e. The van der Waals surface area contributed by atoms with Crippen LogP contribution in [0.4, 0.5) is 18.9 Å². The number of aliphatic hydroxyl groups is 1. The summed E-state index contributed by atoms with van der Waals surface area (Å²) in [6, 6.07) is 2.82. The fourth-order valence-corrected chi connectivity index (χ4v) is 2.56. The average molecular weight is 302 g/mol. The van der Waals surface area contributed by atoms with Gasteiger partial charge in [-0.05, 0) is 37.5 Å². The lowest BCUT2D eigenvalue weighted by Gasteiger charge is -2.34. The van der Waals surface area contributed by atoms with Gasteiger partial charge in [-0.25, -0.2) is 0 Å². The largest absolute Gasteiger partial charge is 0.418 e. The molecular formula is C14H17F3N2O2. The molecule has 1 aliphatic heterocycles. The Balaban J connectivity index is 2.31. The van der Waals surface area contributed by atoms with Gasteiger partial charge in [0.15, 0.2) is 0 Å². The first-order valence-corrected chi connectivity index (χ1v) is 6.73. The average Bonchev–Trinajstić information content (AvgIpc) is 2.45. The van der Waals surface area contributed by atoms with Gasteiger partial charge in [0.2, 0.25) is 0 Å². The number of carbonyl (C=O) groups is 1. The molecule has 1 amide bonds. The van der Waals surface area contributed by atoms with E-state index in [1.807, 2.05) is 0 Å². The van der Waals surface area contributed by atoms with Gasteiger partial charge in [-0.15, -0.1) is 0 Å². The van der Waals surface area contributed by atoms with Crippen molar-refractivity contribution in [2.75, 3.05) is 18.9 Å². The Bertz CT molecular complexity index is 531. The number of halogens is 3. The van der Waals surface area contributed by atoms with E-state index in [-0.39, 0.29) is 18.2 Å². The standard InChI is InChI=1S/C14H17F3N2O2/c15-14(16,17)11-7-9(4-5-12(11)18)13(21)19-6-2-1-3-10(19)8-20/h4-5,7,10,20H,1-3,6,8,18H2. The molecule has 0 bridgehead atoms. The first kappa shape index (κ1) is 15.6. The number of hydrogen-bond acceptors (Lipinski definition) is 3. The summed E-state index contributed by atoms with van der Waals surface area (Å²) < 4.78 is 38.5. The number of nitrogens with zero attached hydrogens (tertiary/aromatic N) is 1. The second kappa shape index (κ2) is 5.93. The number of likely N-dealkylation sites (tertiary alicyclic amines) is 1. The predicted molar refractivity (Wildman–Crippen MR) is 71.6 cm³/mol. The van der Waals surface area contributed by atoms with Gasteiger partial charge >= 0.3 is 6.18 Å². The number of amides is 1. The van der Waals surface area contributed by atoms with Crippen molar-refractivity contribution in [1.82, 2.24) is 4.90 Å². The number of nitrogens with two attached hydrogens (primary N) is 1. The number of anilines is 1. The van der Waals surface area contributed by atoms with Crippen molar-refractivity contribution in [2.45, 2.75) is 31.5 Å². The van der Waals surface area contributed by atoms with Gasteiger partial charge in [0.05, 0.1) is 18.2 Å². The summed E-state index contributed by atoms with van der Waals surface area (Å²) in [6.45, 7) is 0.253. The smallest absolute Gasteiger partial charge is 0.398 e. The normalized spacial score (nSPS) is 19.6. The SMILES string of the molecule is Nc1ccc(C(=O)N2CCCCC2CO)cc1C(F)(F)F. The molecule has 1 saturated heterocycles. The van der Waals surface area contributed by atoms with Crippen LogP contribution in [0.15, 0.2) is 18.2 Å². The van der Waals surface area contributed by atoms with E-state index < -0.39 is 23.3 Å². The highest BCUT2D eigenvalue weighted by Crippen LogP contribution is 2.34. The first-order chi connectivity index (χ1) is 9.84. The lowest BCUT2D eigenvalue weighted by atomic mass is 10.0. The quantitative estimate of drug-likeness (QED) is 0.824. The van der Waals surface area contributed by atoms with E-state index in [1.165, 1.54) is 11.0 Å². The predicted octanol–water partition coefficient (Wildman–Crippen LogP) is 2.27. The van der Waals surface area contributed by atoms with Crippen LogP contribution in [0.5, 0.6) is 0 Å². The third kappa shape index (κ3) is 3.29. The second-order valence-electron chi connectivity index (χ2n) is 5.13. The molecular weight excluding hydrogens is 285 g/mol. The Hall–Kier alpha value is -1.76. The number of aliphatic hydroxyl groups excluding tert-OH is 1. The number of alkyl halides is 3. The number of benzene rings is 1. The maximum atomic E-state index is 12.8. The van der Waals surface area contributed by atoms with Crippen LogP contribution in [-0.2, 0) is 6.18 Å². The summed E-state index contributed by atoms with van der Waals surface area (Å²) in [7, 11) is 0. The van der Waals surface area contributed by atoms with Gasteiger partial charge in [-0.2, -0.15) is 13.2 Å². The molecule has 1 aliphatic rings. The molecule has 0 saturated carbocycles. The van der Waals surface area contributed by atoms with E-state index in [9.17, 15) is 23.1 Å². The molecule has 1 atom stereocenters. The Morgan fingerprint density at radius 3 is 2.71 bits per heavy atom. The first-order valence-electron chi connectivity index (χ1n) is 6.73. The fourth-order valence-electron chi connectivity index (χ4n) is 2.56. The highest BCUT2D eigenvalue weighted by Gasteiger charge is 2.34. The van der Waals surface area contributed by atoms with Crippen molar-refractivity contribution >= 4 is 11.6 Å². The molecule has 2 rings (SSSR count). The van der Waals surface area contributed by atoms with E-state index in [4.69, 9.17) is 5.73 Å². The van der Waals surface area contributed by atoms with Crippen LogP contribution in [0.1, 0.15) is 35.2 Å². The minimum atomic E-state index is -4.60. The third-order valence-corrected chi connectivity index (χ3v) is 3.70. The molecule has 0 radical (unpaired) electrons. The van der Waals surface area contributed by atoms with Crippen LogP contribution in [0.2, 0.25) is 0 Å². The van der Waals surface area contributed by atoms with Gasteiger partial charge in [-0.1, -0.05) is 0 Å². The van der Waals surface area contributed by atoms with Gasteiger partial charge in [0.1, 0.15) is 0 Å². The Kier molecular flexibility index (Phi) is 4.41. The molecule has 3 N–H and O–H groups in total. The summed E-state index contributed by atoms with van der Waals surface area (Å²) in [4.78, 5) is 13.8. The van der Waals surface area contributed by atoms with Crippen LogP contribution < -0.4 is 5.73 Å². The lowest BCUT2D eigenvalue weighted by Crippen LogP contribution is -2.45. The van der Waals surface area contributed by atoms with Gasteiger partial charge in [0.25, 0.3) is 5.91 Å². The fraction of sp³-hybridized carbons (Fsp3) is 0.500. The van der Waals surface area contributed by atoms with Crippen LogP contribution in [-0.4, -0.2) is 35.1 Å². The topological polar surface area (TPSA) is 66.6 Å². The molecule has 1 aromatic rings.